The predicted molar refractivity (Wildman–Crippen MR) is 102 cm³/mol. The topological polar surface area (TPSA) is 94.8 Å². The number of thiophene rings is 1. The molecule has 0 bridgehead atoms. The summed E-state index contributed by atoms with van der Waals surface area (Å²) in [5.41, 5.74) is 1.08. The molecule has 2 aromatic heterocycles. The smallest absolute Gasteiger partial charge is 0.341 e. The highest BCUT2D eigenvalue weighted by Crippen LogP contribution is 2.33. The number of hydrogen-bond donors (Lipinski definition) is 1. The summed E-state index contributed by atoms with van der Waals surface area (Å²) in [6, 6.07) is 3.48. The Morgan fingerprint density at radius 2 is 1.93 bits per heavy atom. The molecular weight excluding hydrogens is 370 g/mol. The van der Waals surface area contributed by atoms with Crippen LogP contribution in [-0.2, 0) is 19.1 Å². The number of esters is 2. The van der Waals surface area contributed by atoms with E-state index in [0.717, 1.165) is 16.2 Å². The SMILES string of the molecule is CCOC(=O)c1c(NC(=O)COC(=O)C=Cc2ccc(C)o2)sc(C)c1C. The molecule has 0 unspecified atom stereocenters. The van der Waals surface area contributed by atoms with Crippen molar-refractivity contribution in [2.45, 2.75) is 27.7 Å². The molecule has 0 aliphatic rings. The van der Waals surface area contributed by atoms with E-state index in [-0.39, 0.29) is 6.61 Å². The van der Waals surface area contributed by atoms with Crippen LogP contribution >= 0.6 is 11.3 Å². The maximum atomic E-state index is 12.1. The zero-order valence-electron chi connectivity index (χ0n) is 15.6. The average Bonchev–Trinajstić information content (AvgIpc) is 3.14. The maximum Gasteiger partial charge on any atom is 0.341 e. The van der Waals surface area contributed by atoms with E-state index in [1.807, 2.05) is 6.92 Å². The molecule has 0 aliphatic carbocycles. The summed E-state index contributed by atoms with van der Waals surface area (Å²) in [5, 5.41) is 2.98. The van der Waals surface area contributed by atoms with Crippen LogP contribution in [0.2, 0.25) is 0 Å². The molecule has 0 saturated heterocycles. The number of aryl methyl sites for hydroxylation is 2. The number of amides is 1. The standard InChI is InChI=1S/C19H21NO6S/c1-5-24-19(23)17-12(3)13(4)27-18(17)20-15(21)10-25-16(22)9-8-14-7-6-11(2)26-14/h6-9H,5,10H2,1-4H3,(H,20,21). The molecule has 0 atom stereocenters. The van der Waals surface area contributed by atoms with E-state index in [1.54, 1.807) is 32.9 Å². The van der Waals surface area contributed by atoms with Crippen molar-refractivity contribution in [3.63, 3.8) is 0 Å². The molecule has 2 rings (SSSR count). The van der Waals surface area contributed by atoms with Crippen LogP contribution in [0, 0.1) is 20.8 Å². The number of carbonyl (C=O) groups excluding carboxylic acids is 3. The van der Waals surface area contributed by atoms with Crippen molar-refractivity contribution in [2.75, 3.05) is 18.5 Å². The van der Waals surface area contributed by atoms with Crippen molar-refractivity contribution in [3.8, 4) is 0 Å². The lowest BCUT2D eigenvalue weighted by Gasteiger charge is -2.07. The number of nitrogens with one attached hydrogen (secondary N) is 1. The zero-order valence-corrected chi connectivity index (χ0v) is 16.4. The Balaban J connectivity index is 1.94. The lowest BCUT2D eigenvalue weighted by molar-refractivity contribution is -0.142. The van der Waals surface area contributed by atoms with Gasteiger partial charge in [-0.1, -0.05) is 0 Å². The van der Waals surface area contributed by atoms with Gasteiger partial charge in [0.05, 0.1) is 12.2 Å². The molecule has 0 aliphatic heterocycles. The fourth-order valence-corrected chi connectivity index (χ4v) is 3.27. The molecule has 0 fully saturated rings. The molecule has 2 heterocycles. The second kappa shape index (κ2) is 9.18. The Bertz CT molecular complexity index is 877. The molecule has 1 amide bonds. The highest BCUT2D eigenvalue weighted by Gasteiger charge is 2.22. The number of furan rings is 1. The van der Waals surface area contributed by atoms with E-state index < -0.39 is 24.5 Å². The molecule has 1 N–H and O–H groups in total. The van der Waals surface area contributed by atoms with Gasteiger partial charge in [-0.05, 0) is 51.5 Å². The highest BCUT2D eigenvalue weighted by atomic mass is 32.1. The van der Waals surface area contributed by atoms with Crippen LogP contribution in [0.1, 0.15) is 39.2 Å². The van der Waals surface area contributed by atoms with E-state index in [9.17, 15) is 14.4 Å². The molecule has 144 valence electrons. The first-order chi connectivity index (χ1) is 12.8. The molecule has 0 radical (unpaired) electrons. The first kappa shape index (κ1) is 20.4. The second-order valence-corrected chi connectivity index (χ2v) is 6.87. The van der Waals surface area contributed by atoms with Gasteiger partial charge in [0, 0.05) is 11.0 Å². The number of ether oxygens (including phenoxy) is 2. The van der Waals surface area contributed by atoms with Gasteiger partial charge in [-0.15, -0.1) is 11.3 Å². The monoisotopic (exact) mass is 391 g/mol. The van der Waals surface area contributed by atoms with Crippen molar-refractivity contribution < 1.29 is 28.3 Å². The van der Waals surface area contributed by atoms with Gasteiger partial charge in [0.15, 0.2) is 6.61 Å². The molecule has 8 heteroatoms. The number of anilines is 1. The Kier molecular flexibility index (Phi) is 6.95. The molecule has 27 heavy (non-hydrogen) atoms. The molecule has 0 aromatic carbocycles. The van der Waals surface area contributed by atoms with Gasteiger partial charge in [0.2, 0.25) is 0 Å². The van der Waals surface area contributed by atoms with Crippen LogP contribution in [0.15, 0.2) is 22.6 Å². The van der Waals surface area contributed by atoms with E-state index in [2.05, 4.69) is 5.32 Å². The quantitative estimate of drug-likeness (QED) is 0.572. The van der Waals surface area contributed by atoms with Gasteiger partial charge < -0.3 is 19.2 Å². The van der Waals surface area contributed by atoms with Crippen LogP contribution in [0.5, 0.6) is 0 Å². The number of hydrogen-bond acceptors (Lipinski definition) is 7. The van der Waals surface area contributed by atoms with Crippen molar-refractivity contribution in [2.24, 2.45) is 0 Å². The number of carbonyl (C=O) groups is 3. The van der Waals surface area contributed by atoms with Crippen LogP contribution in [0.3, 0.4) is 0 Å². The molecule has 7 nitrogen and oxygen atoms in total. The Morgan fingerprint density at radius 3 is 2.56 bits per heavy atom. The van der Waals surface area contributed by atoms with Crippen molar-refractivity contribution in [1.29, 1.82) is 0 Å². The van der Waals surface area contributed by atoms with Crippen molar-refractivity contribution >= 4 is 40.3 Å². The van der Waals surface area contributed by atoms with Gasteiger partial charge in [0.1, 0.15) is 16.5 Å². The average molecular weight is 391 g/mol. The third-order valence-electron chi connectivity index (χ3n) is 3.61. The third kappa shape index (κ3) is 5.55. The lowest BCUT2D eigenvalue weighted by atomic mass is 10.1. The summed E-state index contributed by atoms with van der Waals surface area (Å²) < 4.78 is 15.2. The van der Waals surface area contributed by atoms with Gasteiger partial charge in [0.25, 0.3) is 5.91 Å². The fraction of sp³-hybridized carbons (Fsp3) is 0.316. The minimum Gasteiger partial charge on any atom is -0.462 e. The van der Waals surface area contributed by atoms with Gasteiger partial charge in [-0.3, -0.25) is 4.79 Å². The minimum atomic E-state index is -0.677. The molecule has 0 spiro atoms. The molecule has 0 saturated carbocycles. The van der Waals surface area contributed by atoms with E-state index >= 15 is 0 Å². The fourth-order valence-electron chi connectivity index (χ4n) is 2.20. The van der Waals surface area contributed by atoms with Crippen LogP contribution in [-0.4, -0.2) is 31.1 Å². The summed E-state index contributed by atoms with van der Waals surface area (Å²) in [5.74, 6) is -0.483. The predicted octanol–water partition coefficient (Wildman–Crippen LogP) is 3.64. The normalized spacial score (nSPS) is 10.8. The van der Waals surface area contributed by atoms with Gasteiger partial charge in [-0.2, -0.15) is 0 Å². The van der Waals surface area contributed by atoms with Crippen LogP contribution < -0.4 is 5.32 Å². The minimum absolute atomic E-state index is 0.236. The first-order valence-corrected chi connectivity index (χ1v) is 9.11. The van der Waals surface area contributed by atoms with Crippen molar-refractivity contribution in [1.82, 2.24) is 0 Å². The van der Waals surface area contributed by atoms with Crippen LogP contribution in [0.25, 0.3) is 6.08 Å². The zero-order chi connectivity index (χ0) is 20.0. The summed E-state index contributed by atoms with van der Waals surface area (Å²) in [4.78, 5) is 36.8. The highest BCUT2D eigenvalue weighted by molar-refractivity contribution is 7.16. The second-order valence-electron chi connectivity index (χ2n) is 5.65. The third-order valence-corrected chi connectivity index (χ3v) is 4.73. The van der Waals surface area contributed by atoms with E-state index in [0.29, 0.717) is 16.3 Å². The molecular formula is C19H21NO6S. The van der Waals surface area contributed by atoms with E-state index in [1.165, 1.54) is 23.5 Å². The summed E-state index contributed by atoms with van der Waals surface area (Å²) in [7, 11) is 0. The largest absolute Gasteiger partial charge is 0.462 e. The van der Waals surface area contributed by atoms with Crippen molar-refractivity contribution in [3.05, 3.63) is 45.7 Å². The van der Waals surface area contributed by atoms with Gasteiger partial charge >= 0.3 is 11.9 Å². The Morgan fingerprint density at radius 1 is 1.19 bits per heavy atom. The van der Waals surface area contributed by atoms with Gasteiger partial charge in [-0.25, -0.2) is 9.59 Å². The van der Waals surface area contributed by atoms with Crippen LogP contribution in [0.4, 0.5) is 5.00 Å². The lowest BCUT2D eigenvalue weighted by Crippen LogP contribution is -2.21. The van der Waals surface area contributed by atoms with E-state index in [4.69, 9.17) is 13.9 Å². The summed E-state index contributed by atoms with van der Waals surface area (Å²) in [6.45, 7) is 6.90. The first-order valence-electron chi connectivity index (χ1n) is 8.30. The Hall–Kier alpha value is -2.87. The Labute approximate surface area is 161 Å². The summed E-state index contributed by atoms with van der Waals surface area (Å²) >= 11 is 1.27. The summed E-state index contributed by atoms with van der Waals surface area (Å²) in [6.07, 6.45) is 2.63. The number of rotatable bonds is 7. The molecule has 2 aromatic rings. The maximum absolute atomic E-state index is 12.1.